The molecule has 0 bridgehead atoms. The van der Waals surface area contributed by atoms with Crippen LogP contribution in [0.4, 0.5) is 0 Å². The average Bonchev–Trinajstić information content (AvgIpc) is 3.54. The van der Waals surface area contributed by atoms with Crippen molar-refractivity contribution in [2.45, 2.75) is 159 Å². The molecule has 10 atom stereocenters. The molecule has 2 N–H and O–H groups in total. The molecule has 0 radical (unpaired) electrons. The number of carbonyl (C=O) groups is 4. The van der Waals surface area contributed by atoms with Gasteiger partial charge in [0.05, 0.1) is 11.8 Å². The first-order valence-electron chi connectivity index (χ1n) is 21.1. The number of carboxylic acids is 1. The van der Waals surface area contributed by atoms with Crippen LogP contribution in [0.3, 0.4) is 0 Å². The lowest BCUT2D eigenvalue weighted by Crippen LogP contribution is -2.66. The van der Waals surface area contributed by atoms with Gasteiger partial charge in [0.2, 0.25) is 5.91 Å². The second kappa shape index (κ2) is 12.8. The number of ether oxygens (including phenoxy) is 1. The van der Waals surface area contributed by atoms with E-state index >= 15 is 0 Å². The average molecular weight is 746 g/mol. The molecule has 0 unspecified atom stereocenters. The number of esters is 1. The molecule has 1 amide bonds. The third-order valence-corrected chi connectivity index (χ3v) is 17.7. The van der Waals surface area contributed by atoms with Crippen molar-refractivity contribution in [2.75, 3.05) is 0 Å². The molecule has 7 rings (SSSR count). The lowest BCUT2D eigenvalue weighted by atomic mass is 9.33. The number of rotatable bonds is 8. The number of fused-ring (bicyclic) bond motifs is 7. The molecule has 0 spiro atoms. The SMILES string of the molecule is Cc1cc(CNC(=O)C[C@@]23CC[C@]4(C)[C@H](CC[C@@H]5[C@@]6(C)CC[C@H](OC(=O)[C@H]7C[C@@H](C(=O)O)C7(C)C)C(C)(C)[C@@H]6CC[C@]54C)C2=C(C(C)C)C(=O)C3)c(C)o1. The molecule has 8 nitrogen and oxygen atoms in total. The minimum Gasteiger partial charge on any atom is -0.481 e. The van der Waals surface area contributed by atoms with Gasteiger partial charge >= 0.3 is 11.9 Å². The minimum atomic E-state index is -0.830. The van der Waals surface area contributed by atoms with Crippen LogP contribution in [0.15, 0.2) is 21.6 Å². The summed E-state index contributed by atoms with van der Waals surface area (Å²) in [6, 6.07) is 1.99. The molecule has 1 heterocycles. The summed E-state index contributed by atoms with van der Waals surface area (Å²) in [6.45, 7) is 24.7. The van der Waals surface area contributed by atoms with Gasteiger partial charge in [-0.2, -0.15) is 0 Å². The standard InChI is InChI=1S/C46H67NO7/c1-25(2)37-32(48)22-46(23-36(49)47-24-28-20-26(3)53-27(28)4)19-18-44(10)29(38(37)46)12-13-34-43(9)16-15-35(42(7,8)33(43)14-17-45(34,44)11)54-40(52)31-21-30(39(50)51)41(31,5)6/h20,25,29-31,33-35H,12-19,21-24H2,1-11H3,(H,47,49)(H,50,51)/t29-,30+,31-,33+,34-,35+,43+,44-,45-,46+/m1/s1. The van der Waals surface area contributed by atoms with Gasteiger partial charge in [-0.3, -0.25) is 19.2 Å². The van der Waals surface area contributed by atoms with E-state index in [0.717, 1.165) is 74.0 Å². The second-order valence-electron chi connectivity index (χ2n) is 21.2. The number of nitrogens with one attached hydrogen (secondary N) is 1. The summed E-state index contributed by atoms with van der Waals surface area (Å²) in [4.78, 5) is 53.2. The minimum absolute atomic E-state index is 0.000652. The van der Waals surface area contributed by atoms with Gasteiger partial charge in [0.15, 0.2) is 5.78 Å². The third kappa shape index (κ3) is 5.55. The van der Waals surface area contributed by atoms with Crippen molar-refractivity contribution in [3.63, 3.8) is 0 Å². The van der Waals surface area contributed by atoms with Gasteiger partial charge in [0.1, 0.15) is 17.6 Å². The van der Waals surface area contributed by atoms with E-state index in [1.54, 1.807) is 0 Å². The predicted octanol–water partition coefficient (Wildman–Crippen LogP) is 9.54. The number of amides is 1. The van der Waals surface area contributed by atoms with Crippen LogP contribution < -0.4 is 5.32 Å². The highest BCUT2D eigenvalue weighted by molar-refractivity contribution is 6.01. The Balaban J connectivity index is 1.13. The molecule has 54 heavy (non-hydrogen) atoms. The summed E-state index contributed by atoms with van der Waals surface area (Å²) < 4.78 is 12.1. The second-order valence-corrected chi connectivity index (χ2v) is 21.2. The first-order valence-corrected chi connectivity index (χ1v) is 21.1. The maximum atomic E-state index is 14.0. The lowest BCUT2D eigenvalue weighted by molar-refractivity contribution is -0.236. The third-order valence-electron chi connectivity index (χ3n) is 17.7. The number of ketones is 1. The fourth-order valence-electron chi connectivity index (χ4n) is 14.5. The number of carboxylic acid groups (broad SMARTS) is 1. The Hall–Kier alpha value is -2.90. The van der Waals surface area contributed by atoms with Gasteiger partial charge in [-0.25, -0.2) is 0 Å². The number of aliphatic carboxylic acids is 1. The molecular weight excluding hydrogens is 679 g/mol. The summed E-state index contributed by atoms with van der Waals surface area (Å²) >= 11 is 0. The highest BCUT2D eigenvalue weighted by Gasteiger charge is 2.70. The van der Waals surface area contributed by atoms with Gasteiger partial charge < -0.3 is 19.6 Å². The van der Waals surface area contributed by atoms with Gasteiger partial charge in [-0.15, -0.1) is 0 Å². The molecule has 0 aliphatic heterocycles. The van der Waals surface area contributed by atoms with E-state index in [2.05, 4.69) is 53.8 Å². The van der Waals surface area contributed by atoms with Crippen LogP contribution in [0.1, 0.15) is 150 Å². The molecule has 6 aliphatic carbocycles. The Kier molecular flexibility index (Phi) is 9.33. The summed E-state index contributed by atoms with van der Waals surface area (Å²) in [7, 11) is 0. The number of allylic oxidation sites excluding steroid dienone is 2. The monoisotopic (exact) mass is 745 g/mol. The first kappa shape index (κ1) is 39.3. The van der Waals surface area contributed by atoms with Gasteiger partial charge in [0.25, 0.3) is 0 Å². The summed E-state index contributed by atoms with van der Waals surface area (Å²) in [6.07, 6.45) is 8.97. The van der Waals surface area contributed by atoms with Gasteiger partial charge in [-0.1, -0.05) is 67.9 Å². The van der Waals surface area contributed by atoms with Crippen molar-refractivity contribution in [1.29, 1.82) is 0 Å². The Labute approximate surface area is 323 Å². The van der Waals surface area contributed by atoms with Crippen molar-refractivity contribution < 1.29 is 33.4 Å². The van der Waals surface area contributed by atoms with E-state index in [1.807, 2.05) is 33.8 Å². The fourth-order valence-corrected chi connectivity index (χ4v) is 14.5. The molecule has 1 aromatic rings. The first-order chi connectivity index (χ1) is 25.0. The molecule has 298 valence electrons. The Morgan fingerprint density at radius 3 is 2.20 bits per heavy atom. The zero-order chi connectivity index (χ0) is 39.6. The van der Waals surface area contributed by atoms with Crippen LogP contribution >= 0.6 is 0 Å². The number of Topliss-reactive ketones (excluding diaryl/α,β-unsaturated/α-hetero) is 1. The molecular formula is C46H67NO7. The maximum absolute atomic E-state index is 14.0. The van der Waals surface area contributed by atoms with Crippen LogP contribution in [0.2, 0.25) is 0 Å². The molecule has 8 heteroatoms. The number of hydrogen-bond donors (Lipinski definition) is 2. The molecule has 0 aromatic carbocycles. The van der Waals surface area contributed by atoms with Crippen molar-refractivity contribution in [3.8, 4) is 0 Å². The summed E-state index contributed by atoms with van der Waals surface area (Å²) in [5.41, 5.74) is 2.24. The zero-order valence-electron chi connectivity index (χ0n) is 35.0. The largest absolute Gasteiger partial charge is 0.481 e. The number of aryl methyl sites for hydroxylation is 2. The van der Waals surface area contributed by atoms with Crippen molar-refractivity contribution in [3.05, 3.63) is 34.3 Å². The summed E-state index contributed by atoms with van der Waals surface area (Å²) in [5.74, 6) is 1.28. The van der Waals surface area contributed by atoms with Crippen LogP contribution in [0.25, 0.3) is 0 Å². The van der Waals surface area contributed by atoms with E-state index < -0.39 is 22.7 Å². The molecule has 0 saturated heterocycles. The zero-order valence-corrected chi connectivity index (χ0v) is 35.0. The maximum Gasteiger partial charge on any atom is 0.309 e. The number of carbonyl (C=O) groups excluding carboxylic acids is 3. The molecule has 1 aromatic heterocycles. The summed E-state index contributed by atoms with van der Waals surface area (Å²) in [5, 5.41) is 12.8. The van der Waals surface area contributed by atoms with E-state index in [9.17, 15) is 24.3 Å². The fraction of sp³-hybridized carbons (Fsp3) is 0.783. The quantitative estimate of drug-likeness (QED) is 0.254. The topological polar surface area (TPSA) is 123 Å². The molecule has 6 aliphatic rings. The highest BCUT2D eigenvalue weighted by atomic mass is 16.5. The number of hydrogen-bond acceptors (Lipinski definition) is 6. The van der Waals surface area contributed by atoms with Crippen LogP contribution in [0.5, 0.6) is 0 Å². The number of furan rings is 1. The van der Waals surface area contributed by atoms with E-state index in [1.165, 1.54) is 5.57 Å². The highest BCUT2D eigenvalue weighted by Crippen LogP contribution is 2.77. The van der Waals surface area contributed by atoms with Crippen molar-refractivity contribution in [1.82, 2.24) is 5.32 Å². The van der Waals surface area contributed by atoms with Gasteiger partial charge in [-0.05, 0) is 129 Å². The van der Waals surface area contributed by atoms with E-state index in [4.69, 9.17) is 9.15 Å². The molecule has 5 fully saturated rings. The van der Waals surface area contributed by atoms with E-state index in [-0.39, 0.29) is 63.2 Å². The van der Waals surface area contributed by atoms with Crippen molar-refractivity contribution in [2.24, 2.45) is 68.0 Å². The van der Waals surface area contributed by atoms with Crippen LogP contribution in [0, 0.1) is 81.8 Å². The van der Waals surface area contributed by atoms with Crippen LogP contribution in [-0.4, -0.2) is 34.8 Å². The lowest BCUT2D eigenvalue weighted by Gasteiger charge is -2.72. The Morgan fingerprint density at radius 2 is 1.59 bits per heavy atom. The van der Waals surface area contributed by atoms with Gasteiger partial charge in [0, 0.05) is 35.8 Å². The van der Waals surface area contributed by atoms with E-state index in [0.29, 0.717) is 37.6 Å². The predicted molar refractivity (Wildman–Crippen MR) is 207 cm³/mol. The smallest absolute Gasteiger partial charge is 0.309 e. The van der Waals surface area contributed by atoms with Crippen LogP contribution in [-0.2, 0) is 30.5 Å². The normalized spacial score (nSPS) is 40.6. The Morgan fingerprint density at radius 1 is 0.889 bits per heavy atom. The molecule has 5 saturated carbocycles. The van der Waals surface area contributed by atoms with Crippen molar-refractivity contribution >= 4 is 23.6 Å². The Bertz CT molecular complexity index is 1780.